The van der Waals surface area contributed by atoms with Crippen LogP contribution in [0.2, 0.25) is 0 Å². The summed E-state index contributed by atoms with van der Waals surface area (Å²) in [6.45, 7) is 1.77. The second-order valence-corrected chi connectivity index (χ2v) is 7.59. The Kier molecular flexibility index (Phi) is 6.14. The van der Waals surface area contributed by atoms with E-state index in [0.29, 0.717) is 23.2 Å². The molecule has 2 aromatic rings. The minimum Gasteiger partial charge on any atom is -0.349 e. The van der Waals surface area contributed by atoms with Crippen LogP contribution in [0.4, 0.5) is 10.1 Å². The van der Waals surface area contributed by atoms with Gasteiger partial charge in [-0.1, -0.05) is 36.4 Å². The monoisotopic (exact) mass is 364 g/mol. The van der Waals surface area contributed by atoms with Gasteiger partial charge in [0.2, 0.25) is 15.9 Å². The van der Waals surface area contributed by atoms with E-state index in [1.54, 1.807) is 49.4 Å². The second kappa shape index (κ2) is 8.11. The number of hydrogen-bond donors (Lipinski definition) is 2. The van der Waals surface area contributed by atoms with E-state index in [2.05, 4.69) is 10.0 Å². The molecule has 0 saturated carbocycles. The maximum Gasteiger partial charge on any atom is 0.229 e. The van der Waals surface area contributed by atoms with E-state index in [1.807, 2.05) is 0 Å². The van der Waals surface area contributed by atoms with Crippen molar-refractivity contribution in [2.75, 3.05) is 11.0 Å². The van der Waals surface area contributed by atoms with Crippen LogP contribution < -0.4 is 10.0 Å². The summed E-state index contributed by atoms with van der Waals surface area (Å²) < 4.78 is 38.9. The lowest BCUT2D eigenvalue weighted by atomic mass is 10.1. The van der Waals surface area contributed by atoms with Gasteiger partial charge in [0.25, 0.3) is 0 Å². The highest BCUT2D eigenvalue weighted by Gasteiger charge is 2.15. The standard InChI is InChI=1S/C18H21FN2O3S/c1-13(15-8-4-6-10-17(15)21-25(2,23)24)20-18(22)12-11-14-7-3-5-9-16(14)19/h3-10,13,21H,11-12H2,1-2H3,(H,20,22). The fourth-order valence-corrected chi connectivity index (χ4v) is 3.09. The van der Waals surface area contributed by atoms with Crippen LogP contribution in [0.5, 0.6) is 0 Å². The molecule has 134 valence electrons. The van der Waals surface area contributed by atoms with Crippen molar-refractivity contribution >= 4 is 21.6 Å². The lowest BCUT2D eigenvalue weighted by molar-refractivity contribution is -0.121. The normalized spacial score (nSPS) is 12.4. The summed E-state index contributed by atoms with van der Waals surface area (Å²) in [5, 5.41) is 2.82. The van der Waals surface area contributed by atoms with E-state index < -0.39 is 16.1 Å². The maximum absolute atomic E-state index is 13.6. The average molecular weight is 364 g/mol. The molecule has 0 aliphatic carbocycles. The maximum atomic E-state index is 13.6. The molecule has 2 aromatic carbocycles. The number of rotatable bonds is 7. The number of amides is 1. The summed E-state index contributed by atoms with van der Waals surface area (Å²) in [5.74, 6) is -0.559. The van der Waals surface area contributed by atoms with E-state index in [0.717, 1.165) is 6.26 Å². The highest BCUT2D eigenvalue weighted by atomic mass is 32.2. The molecule has 7 heteroatoms. The summed E-state index contributed by atoms with van der Waals surface area (Å²) in [7, 11) is -3.42. The molecule has 0 aliphatic rings. The van der Waals surface area contributed by atoms with Gasteiger partial charge < -0.3 is 5.32 Å². The Hall–Kier alpha value is -2.41. The highest BCUT2D eigenvalue weighted by Crippen LogP contribution is 2.23. The molecule has 0 aliphatic heterocycles. The number of carbonyl (C=O) groups is 1. The molecule has 0 bridgehead atoms. The quantitative estimate of drug-likeness (QED) is 0.793. The van der Waals surface area contributed by atoms with Crippen molar-refractivity contribution < 1.29 is 17.6 Å². The van der Waals surface area contributed by atoms with E-state index in [9.17, 15) is 17.6 Å². The first-order chi connectivity index (χ1) is 11.8. The topological polar surface area (TPSA) is 75.3 Å². The summed E-state index contributed by atoms with van der Waals surface area (Å²) >= 11 is 0. The first-order valence-electron chi connectivity index (χ1n) is 7.86. The van der Waals surface area contributed by atoms with Crippen molar-refractivity contribution in [2.24, 2.45) is 0 Å². The Morgan fingerprint density at radius 2 is 1.76 bits per heavy atom. The Balaban J connectivity index is 2.01. The first kappa shape index (κ1) is 18.9. The van der Waals surface area contributed by atoms with Crippen LogP contribution in [0.15, 0.2) is 48.5 Å². The van der Waals surface area contributed by atoms with Crippen LogP contribution in [0, 0.1) is 5.82 Å². The number of benzene rings is 2. The Morgan fingerprint density at radius 1 is 1.12 bits per heavy atom. The molecule has 5 nitrogen and oxygen atoms in total. The molecule has 0 fully saturated rings. The Morgan fingerprint density at radius 3 is 2.44 bits per heavy atom. The highest BCUT2D eigenvalue weighted by molar-refractivity contribution is 7.92. The number of para-hydroxylation sites is 1. The van der Waals surface area contributed by atoms with Gasteiger partial charge in [0.05, 0.1) is 18.0 Å². The smallest absolute Gasteiger partial charge is 0.229 e. The van der Waals surface area contributed by atoms with E-state index in [4.69, 9.17) is 0 Å². The molecule has 2 N–H and O–H groups in total. The van der Waals surface area contributed by atoms with Crippen molar-refractivity contribution in [3.8, 4) is 0 Å². The van der Waals surface area contributed by atoms with Crippen molar-refractivity contribution in [2.45, 2.75) is 25.8 Å². The predicted molar refractivity (Wildman–Crippen MR) is 96.2 cm³/mol. The van der Waals surface area contributed by atoms with Gasteiger partial charge in [-0.3, -0.25) is 9.52 Å². The van der Waals surface area contributed by atoms with Crippen LogP contribution >= 0.6 is 0 Å². The van der Waals surface area contributed by atoms with Gasteiger partial charge in [-0.25, -0.2) is 12.8 Å². The van der Waals surface area contributed by atoms with Gasteiger partial charge >= 0.3 is 0 Å². The van der Waals surface area contributed by atoms with E-state index in [-0.39, 0.29) is 18.1 Å². The lowest BCUT2D eigenvalue weighted by Gasteiger charge is -2.18. The van der Waals surface area contributed by atoms with Crippen molar-refractivity contribution in [1.82, 2.24) is 5.32 Å². The van der Waals surface area contributed by atoms with E-state index >= 15 is 0 Å². The number of anilines is 1. The lowest BCUT2D eigenvalue weighted by Crippen LogP contribution is -2.27. The molecule has 2 rings (SSSR count). The zero-order valence-electron chi connectivity index (χ0n) is 14.1. The second-order valence-electron chi connectivity index (χ2n) is 5.84. The molecule has 0 radical (unpaired) electrons. The number of nitrogens with one attached hydrogen (secondary N) is 2. The third kappa shape index (κ3) is 5.86. The third-order valence-electron chi connectivity index (χ3n) is 3.68. The van der Waals surface area contributed by atoms with Crippen molar-refractivity contribution in [3.63, 3.8) is 0 Å². The van der Waals surface area contributed by atoms with Crippen LogP contribution in [0.3, 0.4) is 0 Å². The molecule has 25 heavy (non-hydrogen) atoms. The van der Waals surface area contributed by atoms with Crippen LogP contribution in [0.25, 0.3) is 0 Å². The van der Waals surface area contributed by atoms with Crippen molar-refractivity contribution in [1.29, 1.82) is 0 Å². The summed E-state index contributed by atoms with van der Waals surface area (Å²) in [6, 6.07) is 12.8. The number of aryl methyl sites for hydroxylation is 1. The largest absolute Gasteiger partial charge is 0.349 e. The first-order valence-corrected chi connectivity index (χ1v) is 9.75. The van der Waals surface area contributed by atoms with Crippen LogP contribution in [-0.4, -0.2) is 20.6 Å². The molecule has 0 saturated heterocycles. The minimum atomic E-state index is -3.42. The number of carbonyl (C=O) groups excluding carboxylic acids is 1. The molecular weight excluding hydrogens is 343 g/mol. The van der Waals surface area contributed by atoms with Gasteiger partial charge in [0, 0.05) is 6.42 Å². The summed E-state index contributed by atoms with van der Waals surface area (Å²) in [6.07, 6.45) is 1.52. The van der Waals surface area contributed by atoms with Gasteiger partial charge in [-0.15, -0.1) is 0 Å². The average Bonchev–Trinajstić information content (AvgIpc) is 2.53. The molecule has 1 amide bonds. The molecule has 1 unspecified atom stereocenters. The van der Waals surface area contributed by atoms with E-state index in [1.165, 1.54) is 6.07 Å². The fourth-order valence-electron chi connectivity index (χ4n) is 2.51. The molecule has 1 atom stereocenters. The molecule has 0 heterocycles. The SMILES string of the molecule is CC(NC(=O)CCc1ccccc1F)c1ccccc1NS(C)(=O)=O. The van der Waals surface area contributed by atoms with Crippen molar-refractivity contribution in [3.05, 3.63) is 65.5 Å². The molecule has 0 spiro atoms. The van der Waals surface area contributed by atoms with Gasteiger partial charge in [0.15, 0.2) is 0 Å². The van der Waals surface area contributed by atoms with Gasteiger partial charge in [0.1, 0.15) is 5.82 Å². The van der Waals surface area contributed by atoms with Crippen LogP contribution in [-0.2, 0) is 21.2 Å². The molecule has 0 aromatic heterocycles. The third-order valence-corrected chi connectivity index (χ3v) is 4.27. The van der Waals surface area contributed by atoms with Gasteiger partial charge in [-0.2, -0.15) is 0 Å². The number of halogens is 1. The summed E-state index contributed by atoms with van der Waals surface area (Å²) in [5.41, 5.74) is 1.57. The summed E-state index contributed by atoms with van der Waals surface area (Å²) in [4.78, 5) is 12.1. The van der Waals surface area contributed by atoms with Gasteiger partial charge in [-0.05, 0) is 36.6 Å². The number of hydrogen-bond acceptors (Lipinski definition) is 3. The zero-order chi connectivity index (χ0) is 18.4. The Bertz CT molecular complexity index is 853. The predicted octanol–water partition coefficient (Wildman–Crippen LogP) is 3.01. The Labute approximate surface area is 147 Å². The minimum absolute atomic E-state index is 0.146. The fraction of sp³-hybridized carbons (Fsp3) is 0.278. The zero-order valence-corrected chi connectivity index (χ0v) is 14.9. The van der Waals surface area contributed by atoms with Crippen LogP contribution in [0.1, 0.15) is 30.5 Å². The number of sulfonamides is 1. The molecular formula is C18H21FN2O3S.